The van der Waals surface area contributed by atoms with Crippen molar-refractivity contribution in [1.82, 2.24) is 9.29 Å². The van der Waals surface area contributed by atoms with Crippen molar-refractivity contribution in [3.05, 3.63) is 53.2 Å². The summed E-state index contributed by atoms with van der Waals surface area (Å²) in [6.07, 6.45) is 0.656. The van der Waals surface area contributed by atoms with Gasteiger partial charge in [-0.1, -0.05) is 11.6 Å². The fourth-order valence-electron chi connectivity index (χ4n) is 5.43. The molecule has 0 saturated heterocycles. The molecule has 36 heavy (non-hydrogen) atoms. The SMILES string of the molecule is CS(=O)(=O)NC12CC(COc3ccc4c(ccn4-c4cc(Cl)c(OCC(F)(F)F)c(C#N)c4)c3)(C1)C2. The van der Waals surface area contributed by atoms with Crippen LogP contribution >= 0.6 is 11.6 Å². The molecule has 6 rings (SSSR count). The number of nitrogens with zero attached hydrogens (tertiary/aromatic N) is 2. The largest absolute Gasteiger partial charge is 0.493 e. The van der Waals surface area contributed by atoms with Crippen molar-refractivity contribution in [2.24, 2.45) is 5.41 Å². The Hall–Kier alpha value is -2.94. The van der Waals surface area contributed by atoms with E-state index in [0.29, 0.717) is 18.0 Å². The van der Waals surface area contributed by atoms with Gasteiger partial charge in [0.25, 0.3) is 0 Å². The zero-order chi connectivity index (χ0) is 25.9. The van der Waals surface area contributed by atoms with Gasteiger partial charge in [0.1, 0.15) is 11.8 Å². The molecule has 0 amide bonds. The fourth-order valence-corrected chi connectivity index (χ4v) is 6.70. The van der Waals surface area contributed by atoms with Gasteiger partial charge in [-0.3, -0.25) is 0 Å². The first-order valence-corrected chi connectivity index (χ1v) is 13.2. The lowest BCUT2D eigenvalue weighted by molar-refractivity contribution is -0.162. The number of alkyl halides is 3. The molecule has 1 heterocycles. The first kappa shape index (κ1) is 24.7. The van der Waals surface area contributed by atoms with E-state index in [-0.39, 0.29) is 27.3 Å². The molecule has 190 valence electrons. The van der Waals surface area contributed by atoms with Crippen molar-refractivity contribution in [2.45, 2.75) is 31.0 Å². The molecule has 3 aromatic rings. The first-order chi connectivity index (χ1) is 16.8. The molecule has 3 aliphatic rings. The third-order valence-electron chi connectivity index (χ3n) is 6.56. The maximum absolute atomic E-state index is 12.6. The molecule has 0 spiro atoms. The summed E-state index contributed by atoms with van der Waals surface area (Å²) < 4.78 is 75.9. The van der Waals surface area contributed by atoms with E-state index >= 15 is 0 Å². The van der Waals surface area contributed by atoms with Crippen LogP contribution in [0.15, 0.2) is 42.6 Å². The van der Waals surface area contributed by atoms with Crippen LogP contribution < -0.4 is 14.2 Å². The van der Waals surface area contributed by atoms with E-state index < -0.39 is 22.8 Å². The number of sulfonamides is 1. The number of fused-ring (bicyclic) bond motifs is 1. The van der Waals surface area contributed by atoms with Crippen LogP contribution in [0.3, 0.4) is 0 Å². The monoisotopic (exact) mass is 539 g/mol. The van der Waals surface area contributed by atoms with Gasteiger partial charge in [-0.25, -0.2) is 13.1 Å². The van der Waals surface area contributed by atoms with E-state index in [1.165, 1.54) is 18.4 Å². The lowest BCUT2D eigenvalue weighted by Gasteiger charge is -2.69. The second-order valence-electron chi connectivity index (χ2n) is 9.70. The van der Waals surface area contributed by atoms with E-state index in [2.05, 4.69) is 4.72 Å². The van der Waals surface area contributed by atoms with Gasteiger partial charge in [-0.2, -0.15) is 18.4 Å². The Morgan fingerprint density at radius 2 is 1.89 bits per heavy atom. The van der Waals surface area contributed by atoms with Gasteiger partial charge in [-0.05, 0) is 55.7 Å². The van der Waals surface area contributed by atoms with Gasteiger partial charge in [0, 0.05) is 28.2 Å². The second kappa shape index (κ2) is 8.30. The third-order valence-corrected chi connectivity index (χ3v) is 7.64. The van der Waals surface area contributed by atoms with E-state index in [0.717, 1.165) is 30.2 Å². The summed E-state index contributed by atoms with van der Waals surface area (Å²) in [6, 6.07) is 12.1. The third kappa shape index (κ3) is 4.73. The van der Waals surface area contributed by atoms with Crippen molar-refractivity contribution in [1.29, 1.82) is 5.26 Å². The quantitative estimate of drug-likeness (QED) is 0.437. The van der Waals surface area contributed by atoms with Crippen LogP contribution in [0.4, 0.5) is 13.2 Å². The molecular formula is C24H21ClF3N3O4S. The van der Waals surface area contributed by atoms with E-state index in [4.69, 9.17) is 21.1 Å². The Morgan fingerprint density at radius 3 is 2.53 bits per heavy atom. The molecule has 3 saturated carbocycles. The standard InChI is InChI=1S/C24H21ClF3N3O4S/c1-36(32,33)30-23-10-22(11-23,12-23)13-34-18-2-3-20-15(7-18)4-5-31(20)17-6-16(9-29)21(19(25)8-17)35-14-24(26,27)28/h2-8,30H,10-14H2,1H3. The molecule has 12 heteroatoms. The molecule has 1 N–H and O–H groups in total. The van der Waals surface area contributed by atoms with Crippen LogP contribution in [0.2, 0.25) is 5.02 Å². The number of rotatable bonds is 8. The summed E-state index contributed by atoms with van der Waals surface area (Å²) >= 11 is 6.17. The van der Waals surface area contributed by atoms with Crippen LogP contribution in [0.5, 0.6) is 11.5 Å². The van der Waals surface area contributed by atoms with Crippen LogP contribution in [-0.2, 0) is 10.0 Å². The minimum atomic E-state index is -4.56. The molecular weight excluding hydrogens is 519 g/mol. The van der Waals surface area contributed by atoms with Crippen LogP contribution in [0.1, 0.15) is 24.8 Å². The lowest BCUT2D eigenvalue weighted by Crippen LogP contribution is -2.76. The summed E-state index contributed by atoms with van der Waals surface area (Å²) in [5.41, 5.74) is 0.865. The number of nitrogens with one attached hydrogen (secondary N) is 1. The van der Waals surface area contributed by atoms with Gasteiger partial charge in [0.2, 0.25) is 10.0 Å². The molecule has 0 unspecified atom stereocenters. The van der Waals surface area contributed by atoms with Gasteiger partial charge < -0.3 is 14.0 Å². The highest BCUT2D eigenvalue weighted by atomic mass is 35.5. The van der Waals surface area contributed by atoms with Crippen LogP contribution in [0, 0.1) is 16.7 Å². The van der Waals surface area contributed by atoms with Gasteiger partial charge in [0.15, 0.2) is 12.4 Å². The first-order valence-electron chi connectivity index (χ1n) is 11.0. The van der Waals surface area contributed by atoms with Gasteiger partial charge in [-0.15, -0.1) is 0 Å². The molecule has 7 nitrogen and oxygen atoms in total. The number of halogens is 4. The number of hydrogen-bond donors (Lipinski definition) is 1. The fraction of sp³-hybridized carbons (Fsp3) is 0.375. The molecule has 3 fully saturated rings. The van der Waals surface area contributed by atoms with E-state index in [1.54, 1.807) is 10.8 Å². The van der Waals surface area contributed by atoms with Gasteiger partial charge in [0.05, 0.1) is 29.0 Å². The smallest absolute Gasteiger partial charge is 0.422 e. The molecule has 0 atom stereocenters. The molecule has 3 aliphatic carbocycles. The maximum Gasteiger partial charge on any atom is 0.422 e. The number of ether oxygens (including phenoxy) is 2. The number of hydrogen-bond acceptors (Lipinski definition) is 5. The molecule has 0 aliphatic heterocycles. The number of aromatic nitrogens is 1. The maximum atomic E-state index is 12.6. The Bertz CT molecular complexity index is 1490. The van der Waals surface area contributed by atoms with Crippen molar-refractivity contribution in [3.8, 4) is 23.3 Å². The molecule has 0 radical (unpaired) electrons. The average molecular weight is 540 g/mol. The summed E-state index contributed by atoms with van der Waals surface area (Å²) in [5.74, 6) is 0.358. The normalized spacial score (nSPS) is 23.0. The van der Waals surface area contributed by atoms with Gasteiger partial charge >= 0.3 is 6.18 Å². The van der Waals surface area contributed by atoms with Crippen LogP contribution in [0.25, 0.3) is 16.6 Å². The predicted octanol–water partition coefficient (Wildman–Crippen LogP) is 4.95. The Balaban J connectivity index is 1.30. The number of nitriles is 1. The highest BCUT2D eigenvalue weighted by molar-refractivity contribution is 7.88. The molecule has 2 aromatic carbocycles. The summed E-state index contributed by atoms with van der Waals surface area (Å²) in [4.78, 5) is 0. The minimum absolute atomic E-state index is 0.00104. The Labute approximate surface area is 210 Å². The van der Waals surface area contributed by atoms with Crippen LogP contribution in [-0.4, -0.2) is 44.2 Å². The van der Waals surface area contributed by atoms with Crippen molar-refractivity contribution in [2.75, 3.05) is 19.5 Å². The van der Waals surface area contributed by atoms with Crippen molar-refractivity contribution < 1.29 is 31.1 Å². The zero-order valence-electron chi connectivity index (χ0n) is 19.0. The topological polar surface area (TPSA) is 93.3 Å². The Kier molecular flexibility index (Phi) is 5.70. The predicted molar refractivity (Wildman–Crippen MR) is 127 cm³/mol. The second-order valence-corrected chi connectivity index (χ2v) is 11.9. The zero-order valence-corrected chi connectivity index (χ0v) is 20.6. The lowest BCUT2D eigenvalue weighted by atomic mass is 9.40. The molecule has 1 aromatic heterocycles. The summed E-state index contributed by atoms with van der Waals surface area (Å²) in [5, 5.41) is 10.2. The minimum Gasteiger partial charge on any atom is -0.493 e. The highest BCUT2D eigenvalue weighted by Crippen LogP contribution is 2.67. The summed E-state index contributed by atoms with van der Waals surface area (Å²) in [7, 11) is -3.23. The van der Waals surface area contributed by atoms with E-state index in [1.807, 2.05) is 30.3 Å². The molecule has 2 bridgehead atoms. The van der Waals surface area contributed by atoms with E-state index in [9.17, 15) is 26.9 Å². The average Bonchev–Trinajstić information content (AvgIpc) is 3.15. The summed E-state index contributed by atoms with van der Waals surface area (Å²) in [6.45, 7) is -1.06. The highest BCUT2D eigenvalue weighted by Gasteiger charge is 2.69. The van der Waals surface area contributed by atoms with Crippen molar-refractivity contribution >= 4 is 32.5 Å². The Morgan fingerprint density at radius 1 is 1.17 bits per heavy atom. The number of benzene rings is 2. The van der Waals surface area contributed by atoms with Crippen molar-refractivity contribution in [3.63, 3.8) is 0 Å².